The summed E-state index contributed by atoms with van der Waals surface area (Å²) in [7, 11) is 0. The molecule has 0 saturated carbocycles. The minimum absolute atomic E-state index is 0.203. The number of amides is 1. The van der Waals surface area contributed by atoms with Gasteiger partial charge in [-0.2, -0.15) is 0 Å². The van der Waals surface area contributed by atoms with Gasteiger partial charge in [-0.25, -0.2) is 0 Å². The molecule has 1 aliphatic heterocycles. The van der Waals surface area contributed by atoms with Crippen molar-refractivity contribution >= 4 is 5.91 Å². The third-order valence-electron chi connectivity index (χ3n) is 16.5. The molecule has 6 N–H and O–H groups in total. The van der Waals surface area contributed by atoms with Crippen LogP contribution in [0.25, 0.3) is 0 Å². The number of aliphatic hydroxyl groups is 5. The van der Waals surface area contributed by atoms with Crippen molar-refractivity contribution in [2.24, 2.45) is 0 Å². The summed E-state index contributed by atoms with van der Waals surface area (Å²) in [6, 6.07) is -0.842. The van der Waals surface area contributed by atoms with Gasteiger partial charge in [0.05, 0.1) is 25.4 Å². The van der Waals surface area contributed by atoms with Crippen molar-refractivity contribution in [2.75, 3.05) is 13.2 Å². The van der Waals surface area contributed by atoms with Gasteiger partial charge in [0.1, 0.15) is 24.4 Å². The van der Waals surface area contributed by atoms with Crippen molar-refractivity contribution in [3.63, 3.8) is 0 Å². The molecule has 0 aromatic carbocycles. The lowest BCUT2D eigenvalue weighted by Gasteiger charge is -2.40. The third-order valence-corrected chi connectivity index (χ3v) is 16.5. The van der Waals surface area contributed by atoms with E-state index in [-0.39, 0.29) is 12.5 Å². The fourth-order valence-electron chi connectivity index (χ4n) is 10.9. The van der Waals surface area contributed by atoms with Crippen molar-refractivity contribution < 1.29 is 39.8 Å². The minimum Gasteiger partial charge on any atom is -0.394 e. The molecule has 1 fully saturated rings. The van der Waals surface area contributed by atoms with Gasteiger partial charge in [0.2, 0.25) is 5.91 Å². The molecule has 1 saturated heterocycles. The Morgan fingerprint density at radius 1 is 0.402 bits per heavy atom. The van der Waals surface area contributed by atoms with Gasteiger partial charge >= 0.3 is 0 Å². The fraction of sp³-hybridized carbons (Fsp3) is 0.731. The first-order valence-electron chi connectivity index (χ1n) is 36.3. The van der Waals surface area contributed by atoms with E-state index in [1.54, 1.807) is 6.08 Å². The highest BCUT2D eigenvalue weighted by atomic mass is 16.7. The van der Waals surface area contributed by atoms with E-state index in [4.69, 9.17) is 9.47 Å². The first-order chi connectivity index (χ1) is 42.8. The maximum atomic E-state index is 13.1. The Labute approximate surface area is 535 Å². The summed E-state index contributed by atoms with van der Waals surface area (Å²) in [5.74, 6) is -0.203. The molecule has 0 aromatic heterocycles. The number of nitrogens with one attached hydrogen (secondary N) is 1. The summed E-state index contributed by atoms with van der Waals surface area (Å²) in [6.07, 6.45) is 91.7. The van der Waals surface area contributed by atoms with E-state index in [1.807, 2.05) is 6.08 Å². The molecular weight excluding hydrogens is 1080 g/mol. The summed E-state index contributed by atoms with van der Waals surface area (Å²) in [5.41, 5.74) is 0. The largest absolute Gasteiger partial charge is 0.394 e. The Morgan fingerprint density at radius 3 is 1.10 bits per heavy atom. The highest BCUT2D eigenvalue weighted by Gasteiger charge is 2.44. The van der Waals surface area contributed by atoms with E-state index in [0.717, 1.165) is 116 Å². The maximum absolute atomic E-state index is 13.1. The van der Waals surface area contributed by atoms with E-state index in [9.17, 15) is 30.3 Å². The Bertz CT molecular complexity index is 1790. The maximum Gasteiger partial charge on any atom is 0.220 e. The van der Waals surface area contributed by atoms with Crippen LogP contribution < -0.4 is 5.32 Å². The highest BCUT2D eigenvalue weighted by molar-refractivity contribution is 5.76. The average molecular weight is 1210 g/mol. The van der Waals surface area contributed by atoms with Crippen LogP contribution in [0.3, 0.4) is 0 Å². The smallest absolute Gasteiger partial charge is 0.220 e. The lowest BCUT2D eigenvalue weighted by molar-refractivity contribution is -0.302. The molecule has 7 atom stereocenters. The van der Waals surface area contributed by atoms with Crippen LogP contribution in [0, 0.1) is 0 Å². The quantitative estimate of drug-likeness (QED) is 0.0261. The van der Waals surface area contributed by atoms with Gasteiger partial charge < -0.3 is 40.3 Å². The van der Waals surface area contributed by atoms with E-state index >= 15 is 0 Å². The molecule has 0 aromatic rings. The molecule has 0 bridgehead atoms. The van der Waals surface area contributed by atoms with E-state index in [2.05, 4.69) is 129 Å². The van der Waals surface area contributed by atoms with Crippen LogP contribution in [0.15, 0.2) is 122 Å². The normalized spacial score (nSPS) is 18.7. The zero-order valence-electron chi connectivity index (χ0n) is 56.0. The Hall–Kier alpha value is -3.41. The van der Waals surface area contributed by atoms with Crippen LogP contribution in [0.5, 0.6) is 0 Å². The fourth-order valence-corrected chi connectivity index (χ4v) is 10.9. The van der Waals surface area contributed by atoms with Crippen LogP contribution in [0.1, 0.15) is 309 Å². The monoisotopic (exact) mass is 1210 g/mol. The van der Waals surface area contributed by atoms with Crippen LogP contribution in [-0.2, 0) is 14.3 Å². The van der Waals surface area contributed by atoms with Crippen molar-refractivity contribution in [3.05, 3.63) is 122 Å². The van der Waals surface area contributed by atoms with Crippen molar-refractivity contribution in [2.45, 2.75) is 352 Å². The second kappa shape index (κ2) is 65.5. The Balaban J connectivity index is 2.18. The van der Waals surface area contributed by atoms with Gasteiger partial charge in [0.15, 0.2) is 6.29 Å². The molecule has 0 radical (unpaired) electrons. The Morgan fingerprint density at radius 2 is 0.724 bits per heavy atom. The molecule has 87 heavy (non-hydrogen) atoms. The molecule has 0 aliphatic carbocycles. The molecule has 0 spiro atoms. The summed E-state index contributed by atoms with van der Waals surface area (Å²) in [6.45, 7) is 3.67. The zero-order valence-corrected chi connectivity index (χ0v) is 56.0. The molecule has 9 heteroatoms. The van der Waals surface area contributed by atoms with Gasteiger partial charge in [0, 0.05) is 6.42 Å². The number of hydrogen-bond donors (Lipinski definition) is 6. The first kappa shape index (κ1) is 81.6. The van der Waals surface area contributed by atoms with E-state index in [1.165, 1.54) is 173 Å². The number of unbranched alkanes of at least 4 members (excludes halogenated alkanes) is 34. The lowest BCUT2D eigenvalue weighted by Crippen LogP contribution is -2.60. The second-order valence-electron chi connectivity index (χ2n) is 24.6. The van der Waals surface area contributed by atoms with Crippen LogP contribution in [0.4, 0.5) is 0 Å². The SMILES string of the molecule is CC/C=C\C/C=C\C/C=C\C/C=C\C/C=C\C/C=C\C/C=C\C/C=C\CCCCCCCCC(=O)NC(COC1OC(CO)C(O)C(O)C1O)C(O)/C=C/CC/C=C/CCCCCCCCCCCCCCCCCCCCCCCCCCCCC. The van der Waals surface area contributed by atoms with Gasteiger partial charge in [0.25, 0.3) is 0 Å². The lowest BCUT2D eigenvalue weighted by atomic mass is 9.99. The average Bonchev–Trinajstić information content (AvgIpc) is 3.47. The molecule has 7 unspecified atom stereocenters. The molecule has 1 heterocycles. The number of allylic oxidation sites excluding steroid dienone is 19. The molecule has 500 valence electrons. The molecule has 1 rings (SSSR count). The van der Waals surface area contributed by atoms with Crippen LogP contribution in [0.2, 0.25) is 0 Å². The standard InChI is InChI=1S/C78H135NO8/c1-3-5-7-9-11-13-15-17-19-21-23-25-27-29-31-33-35-36-38-39-41-43-45-47-49-51-53-55-57-59-61-63-65-67-72(81)71(70-86-78-77(85)76(84)75(83)73(69-80)87-78)79-74(82)68-66-64-62-60-58-56-54-52-50-48-46-44-42-40-37-34-32-30-28-26-24-22-20-18-16-14-12-10-8-6-4-2/h6,8,12,14,18,20,24,26,30,32,37,40,44,46,50,52,57,59,65,67,71-73,75-78,80-81,83-85H,3-5,7,9-11,13,15-17,19,21-23,25,27-29,31,33-36,38-39,41-43,45,47-49,51,53-56,58,60-64,66,68-70H2,1-2H3,(H,79,82)/b8-6-,14-12-,20-18-,26-24-,32-30-,40-37-,46-44-,52-50-,59-57+,67-65+. The number of hydrogen-bond acceptors (Lipinski definition) is 8. The predicted molar refractivity (Wildman–Crippen MR) is 373 cm³/mol. The number of ether oxygens (including phenoxy) is 2. The van der Waals surface area contributed by atoms with Gasteiger partial charge in [-0.05, 0) is 96.3 Å². The van der Waals surface area contributed by atoms with Crippen molar-refractivity contribution in [1.29, 1.82) is 0 Å². The van der Waals surface area contributed by atoms with Crippen LogP contribution >= 0.6 is 0 Å². The molecule has 1 amide bonds. The third kappa shape index (κ3) is 54.1. The number of aliphatic hydroxyl groups excluding tert-OH is 5. The summed E-state index contributed by atoms with van der Waals surface area (Å²) < 4.78 is 11.3. The number of carbonyl (C=O) groups excluding carboxylic acids is 1. The molecule has 9 nitrogen and oxygen atoms in total. The topological polar surface area (TPSA) is 149 Å². The Kier molecular flexibility index (Phi) is 61.5. The van der Waals surface area contributed by atoms with E-state index < -0.39 is 49.5 Å². The molecular formula is C78H135NO8. The van der Waals surface area contributed by atoms with Crippen LogP contribution in [-0.4, -0.2) is 87.5 Å². The second-order valence-corrected chi connectivity index (χ2v) is 24.6. The van der Waals surface area contributed by atoms with E-state index in [0.29, 0.717) is 6.42 Å². The number of rotatable bonds is 62. The summed E-state index contributed by atoms with van der Waals surface area (Å²) in [5, 5.41) is 54.8. The van der Waals surface area contributed by atoms with Gasteiger partial charge in [-0.3, -0.25) is 4.79 Å². The van der Waals surface area contributed by atoms with Gasteiger partial charge in [-0.15, -0.1) is 0 Å². The van der Waals surface area contributed by atoms with Gasteiger partial charge in [-0.1, -0.05) is 328 Å². The predicted octanol–water partition coefficient (Wildman–Crippen LogP) is 20.2. The summed E-state index contributed by atoms with van der Waals surface area (Å²) >= 11 is 0. The summed E-state index contributed by atoms with van der Waals surface area (Å²) in [4.78, 5) is 13.1. The van der Waals surface area contributed by atoms with Crippen molar-refractivity contribution in [3.8, 4) is 0 Å². The highest BCUT2D eigenvalue weighted by Crippen LogP contribution is 2.23. The number of carbonyl (C=O) groups is 1. The first-order valence-corrected chi connectivity index (χ1v) is 36.3. The zero-order chi connectivity index (χ0) is 62.8. The minimum atomic E-state index is -1.58. The molecule has 1 aliphatic rings. The van der Waals surface area contributed by atoms with Crippen molar-refractivity contribution in [1.82, 2.24) is 5.32 Å².